The Balaban J connectivity index is 1.47. The van der Waals surface area contributed by atoms with Gasteiger partial charge in [-0.3, -0.25) is 19.3 Å². The monoisotopic (exact) mass is 623 g/mol. The summed E-state index contributed by atoms with van der Waals surface area (Å²) in [4.78, 5) is 31.4. The Morgan fingerprint density at radius 1 is 1.21 bits per heavy atom. The molecule has 13 heteroatoms. The third-order valence-corrected chi connectivity index (χ3v) is 7.96. The number of pyridine rings is 1. The van der Waals surface area contributed by atoms with E-state index < -0.39 is 23.7 Å². The summed E-state index contributed by atoms with van der Waals surface area (Å²) in [5.41, 5.74) is 1.79. The maximum atomic E-state index is 15.4. The molecule has 6 rings (SSSR count). The zero-order valence-corrected chi connectivity index (χ0v) is 24.5. The molecule has 2 atom stereocenters. The number of benzene rings is 1. The molecule has 1 aliphatic heterocycles. The maximum Gasteiger partial charge on any atom is 0.227 e. The molecule has 0 fully saturated rings. The molecule has 0 aliphatic carbocycles. The van der Waals surface area contributed by atoms with Crippen molar-refractivity contribution in [3.8, 4) is 28.3 Å². The molecule has 5 aromatic rings. The van der Waals surface area contributed by atoms with Gasteiger partial charge in [0, 0.05) is 47.4 Å². The summed E-state index contributed by atoms with van der Waals surface area (Å²) in [5.74, 6) is -2.05. The van der Waals surface area contributed by atoms with Gasteiger partial charge < -0.3 is 9.73 Å². The fourth-order valence-electron chi connectivity index (χ4n) is 5.28. The first-order valence-corrected chi connectivity index (χ1v) is 14.2. The summed E-state index contributed by atoms with van der Waals surface area (Å²) in [5, 5.41) is 14.7. The molecule has 0 spiro atoms. The minimum atomic E-state index is -1.88. The average Bonchev–Trinajstić information content (AvgIpc) is 3.63. The standard InChI is InChI=1S/C30H26Cl2FN7O3/c1-3-39-29-17-9-10-34-21(11-17)18(6-4-5-16(2)30(42)36-22(29)13-35-39)19-15-43-25(12-24(19)41)27-23(8-7-20(31)28(27)33)40-14-26(32)37-38-40/h7-16,18H,3-6H2,1-2H3,(H,36,42)/t16-,18?/m1/s1/i3D2. The van der Waals surface area contributed by atoms with Crippen molar-refractivity contribution in [2.24, 2.45) is 5.92 Å². The molecule has 1 unspecified atom stereocenters. The van der Waals surface area contributed by atoms with E-state index in [4.69, 9.17) is 30.4 Å². The number of amides is 1. The number of nitrogens with one attached hydrogen (secondary N) is 1. The molecule has 1 N–H and O–H groups in total. The lowest BCUT2D eigenvalue weighted by atomic mass is 9.88. The van der Waals surface area contributed by atoms with Gasteiger partial charge in [0.15, 0.2) is 16.4 Å². The van der Waals surface area contributed by atoms with Gasteiger partial charge in [-0.15, -0.1) is 5.10 Å². The molecule has 4 aromatic heterocycles. The molecule has 5 heterocycles. The number of aryl methyl sites for hydroxylation is 1. The number of aromatic nitrogens is 6. The van der Waals surface area contributed by atoms with E-state index in [1.807, 2.05) is 0 Å². The lowest BCUT2D eigenvalue weighted by Crippen LogP contribution is -2.22. The third-order valence-electron chi connectivity index (χ3n) is 7.49. The summed E-state index contributed by atoms with van der Waals surface area (Å²) in [7, 11) is 0. The smallest absolute Gasteiger partial charge is 0.227 e. The lowest BCUT2D eigenvalue weighted by Gasteiger charge is -2.20. The van der Waals surface area contributed by atoms with E-state index in [0.29, 0.717) is 41.9 Å². The molecule has 10 nitrogen and oxygen atoms in total. The number of carbonyl (C=O) groups excluding carboxylic acids is 1. The molecule has 43 heavy (non-hydrogen) atoms. The molecule has 1 aliphatic rings. The van der Waals surface area contributed by atoms with Gasteiger partial charge in [0.2, 0.25) is 5.91 Å². The zero-order valence-electron chi connectivity index (χ0n) is 25.0. The minimum Gasteiger partial charge on any atom is -0.464 e. The number of hydrogen-bond donors (Lipinski definition) is 1. The van der Waals surface area contributed by atoms with Crippen molar-refractivity contribution in [3.63, 3.8) is 0 Å². The first-order chi connectivity index (χ1) is 21.4. The Morgan fingerprint density at radius 2 is 2.05 bits per heavy atom. The van der Waals surface area contributed by atoms with Crippen LogP contribution in [0, 0.1) is 11.7 Å². The van der Waals surface area contributed by atoms with Crippen LogP contribution in [0.3, 0.4) is 0 Å². The van der Waals surface area contributed by atoms with E-state index in [9.17, 15) is 9.59 Å². The van der Waals surface area contributed by atoms with Crippen LogP contribution in [0.4, 0.5) is 10.1 Å². The number of nitrogens with zero attached hydrogens (tertiary/aromatic N) is 6. The summed E-state index contributed by atoms with van der Waals surface area (Å²) >= 11 is 12.0. The van der Waals surface area contributed by atoms with Crippen LogP contribution in [0.25, 0.3) is 28.3 Å². The van der Waals surface area contributed by atoms with Crippen molar-refractivity contribution in [1.82, 2.24) is 29.8 Å². The van der Waals surface area contributed by atoms with Crippen molar-refractivity contribution in [2.75, 3.05) is 5.32 Å². The molecule has 220 valence electrons. The number of hydrogen-bond acceptors (Lipinski definition) is 7. The van der Waals surface area contributed by atoms with Crippen LogP contribution in [0.15, 0.2) is 64.4 Å². The largest absolute Gasteiger partial charge is 0.464 e. The molecule has 1 amide bonds. The Morgan fingerprint density at radius 3 is 2.79 bits per heavy atom. The van der Waals surface area contributed by atoms with E-state index in [-0.39, 0.29) is 44.6 Å². The van der Waals surface area contributed by atoms with Crippen LogP contribution in [0.5, 0.6) is 0 Å². The average molecular weight is 625 g/mol. The Bertz CT molecular complexity index is 1990. The van der Waals surface area contributed by atoms with E-state index in [0.717, 1.165) is 0 Å². The topological polar surface area (TPSA) is 121 Å². The van der Waals surface area contributed by atoms with Crippen LogP contribution in [-0.4, -0.2) is 35.7 Å². The fraction of sp³-hybridized carbons (Fsp3) is 0.267. The highest BCUT2D eigenvalue weighted by molar-refractivity contribution is 6.31. The number of halogens is 3. The zero-order chi connectivity index (χ0) is 32.0. The fourth-order valence-corrected chi connectivity index (χ4v) is 5.57. The predicted octanol–water partition coefficient (Wildman–Crippen LogP) is 6.50. The van der Waals surface area contributed by atoms with Crippen molar-refractivity contribution < 1.29 is 16.3 Å². The van der Waals surface area contributed by atoms with Gasteiger partial charge in [-0.05, 0) is 44.0 Å². The number of carbonyl (C=O) groups is 1. The van der Waals surface area contributed by atoms with E-state index in [2.05, 4.69) is 25.7 Å². The quantitative estimate of drug-likeness (QED) is 0.242. The van der Waals surface area contributed by atoms with Gasteiger partial charge in [0.1, 0.15) is 5.76 Å². The minimum absolute atomic E-state index is 0.0794. The summed E-state index contributed by atoms with van der Waals surface area (Å²) in [6.07, 6.45) is 7.20. The highest BCUT2D eigenvalue weighted by Crippen LogP contribution is 2.37. The van der Waals surface area contributed by atoms with Gasteiger partial charge in [-0.1, -0.05) is 41.8 Å². The van der Waals surface area contributed by atoms with E-state index in [1.54, 1.807) is 25.3 Å². The van der Waals surface area contributed by atoms with Gasteiger partial charge in [0.25, 0.3) is 0 Å². The molecule has 0 saturated heterocycles. The van der Waals surface area contributed by atoms with Crippen LogP contribution >= 0.6 is 23.2 Å². The van der Waals surface area contributed by atoms with Crippen LogP contribution < -0.4 is 10.7 Å². The predicted molar refractivity (Wildman–Crippen MR) is 160 cm³/mol. The van der Waals surface area contributed by atoms with Gasteiger partial charge >= 0.3 is 0 Å². The summed E-state index contributed by atoms with van der Waals surface area (Å²) < 4.78 is 40.5. The van der Waals surface area contributed by atoms with E-state index in [1.165, 1.54) is 53.1 Å². The highest BCUT2D eigenvalue weighted by atomic mass is 35.5. The number of fused-ring (bicyclic) bond motifs is 4. The Kier molecular flexibility index (Phi) is 7.17. The lowest BCUT2D eigenvalue weighted by molar-refractivity contribution is -0.119. The third kappa shape index (κ3) is 5.46. The van der Waals surface area contributed by atoms with E-state index >= 15 is 4.39 Å². The Hall–Kier alpha value is -4.35. The summed E-state index contributed by atoms with van der Waals surface area (Å²) in [6.45, 7) is 1.29. The summed E-state index contributed by atoms with van der Waals surface area (Å²) in [6, 6.07) is 7.50. The van der Waals surface area contributed by atoms with Crippen LogP contribution in [0.1, 0.15) is 53.0 Å². The van der Waals surface area contributed by atoms with Crippen molar-refractivity contribution in [3.05, 3.63) is 92.7 Å². The maximum absolute atomic E-state index is 15.4. The van der Waals surface area contributed by atoms with Gasteiger partial charge in [-0.25, -0.2) is 9.07 Å². The van der Waals surface area contributed by atoms with Crippen LogP contribution in [0.2, 0.25) is 10.2 Å². The second-order valence-corrected chi connectivity index (χ2v) is 11.0. The van der Waals surface area contributed by atoms with Crippen molar-refractivity contribution in [2.45, 2.75) is 45.5 Å². The molecular weight excluding hydrogens is 596 g/mol. The molecule has 1 aromatic carbocycles. The van der Waals surface area contributed by atoms with Crippen LogP contribution in [-0.2, 0) is 11.3 Å². The molecular formula is C30H26Cl2FN7O3. The first kappa shape index (κ1) is 26.3. The molecule has 0 radical (unpaired) electrons. The molecule has 2 bridgehead atoms. The Labute approximate surface area is 258 Å². The highest BCUT2D eigenvalue weighted by Gasteiger charge is 2.26. The SMILES string of the molecule is [2H]C([2H])(C)n1ncc2c1-c1ccnc(c1)C(c1coc(-c3c(-n4cc(Cl)nn4)ccc(Cl)c3F)cc1=O)CCC[C@@H](C)C(=O)N2. The number of anilines is 1. The van der Waals surface area contributed by atoms with Gasteiger partial charge in [-0.2, -0.15) is 5.10 Å². The molecule has 0 saturated carbocycles. The van der Waals surface area contributed by atoms with Gasteiger partial charge in [0.05, 0.1) is 49.1 Å². The first-order valence-electron chi connectivity index (χ1n) is 14.5. The second kappa shape index (κ2) is 11.7. The van der Waals surface area contributed by atoms with Crippen molar-refractivity contribution >= 4 is 34.8 Å². The van der Waals surface area contributed by atoms with Crippen molar-refractivity contribution in [1.29, 1.82) is 0 Å². The normalized spacial score (nSPS) is 18.1. The second-order valence-electron chi connectivity index (χ2n) is 10.2. The number of rotatable bonds is 4.